The zero-order valence-electron chi connectivity index (χ0n) is 14.4. The zero-order valence-corrected chi connectivity index (χ0v) is 15.2. The van der Waals surface area contributed by atoms with E-state index in [4.69, 9.17) is 10.5 Å². The van der Waals surface area contributed by atoms with Crippen LogP contribution in [0.1, 0.15) is 16.7 Å². The lowest BCUT2D eigenvalue weighted by molar-refractivity contribution is 0.185. The number of hydrogen-bond donors (Lipinski definition) is 2. The van der Waals surface area contributed by atoms with Crippen LogP contribution in [0.25, 0.3) is 0 Å². The summed E-state index contributed by atoms with van der Waals surface area (Å²) in [6.07, 6.45) is 1.22. The fourth-order valence-electron chi connectivity index (χ4n) is 2.41. The quantitative estimate of drug-likeness (QED) is 0.583. The lowest BCUT2D eigenvalue weighted by Gasteiger charge is -2.11. The van der Waals surface area contributed by atoms with Crippen LogP contribution < -0.4 is 11.1 Å². The van der Waals surface area contributed by atoms with Crippen molar-refractivity contribution in [1.29, 1.82) is 0 Å². The smallest absolute Gasteiger partial charge is 0.193 e. The standard InChI is InChI=1S/C18H23N3O3S/c1-24-12-15-8-5-6-10-17(15)21-18(19)20-11-14-7-3-4-9-16(14)13-25(2,22)23/h3-10H,11-13H2,1-2H3,(H3,19,20,21). The number of methoxy groups -OCH3 is 1. The number of guanidine groups is 1. The second-order valence-corrected chi connectivity index (χ2v) is 7.90. The van der Waals surface area contributed by atoms with Crippen LogP contribution >= 0.6 is 0 Å². The average Bonchev–Trinajstić information content (AvgIpc) is 2.55. The van der Waals surface area contributed by atoms with Crippen LogP contribution in [0.4, 0.5) is 5.69 Å². The first-order valence-electron chi connectivity index (χ1n) is 7.77. The van der Waals surface area contributed by atoms with Crippen molar-refractivity contribution in [1.82, 2.24) is 0 Å². The molecule has 0 aliphatic carbocycles. The van der Waals surface area contributed by atoms with Gasteiger partial charge in [0.25, 0.3) is 0 Å². The highest BCUT2D eigenvalue weighted by molar-refractivity contribution is 7.89. The van der Waals surface area contributed by atoms with E-state index >= 15 is 0 Å². The maximum Gasteiger partial charge on any atom is 0.193 e. The lowest BCUT2D eigenvalue weighted by Crippen LogP contribution is -2.23. The van der Waals surface area contributed by atoms with Gasteiger partial charge in [0.2, 0.25) is 0 Å². The van der Waals surface area contributed by atoms with Gasteiger partial charge < -0.3 is 15.8 Å². The molecule has 0 saturated carbocycles. The summed E-state index contributed by atoms with van der Waals surface area (Å²) in [4.78, 5) is 4.33. The van der Waals surface area contributed by atoms with E-state index in [1.807, 2.05) is 42.5 Å². The molecule has 0 saturated heterocycles. The molecule has 134 valence electrons. The minimum absolute atomic E-state index is 0.0112. The molecule has 0 aliphatic heterocycles. The molecule has 0 radical (unpaired) electrons. The first-order valence-corrected chi connectivity index (χ1v) is 9.83. The van der Waals surface area contributed by atoms with Crippen molar-refractivity contribution in [3.63, 3.8) is 0 Å². The van der Waals surface area contributed by atoms with Crippen LogP contribution in [0.5, 0.6) is 0 Å². The van der Waals surface area contributed by atoms with Gasteiger partial charge >= 0.3 is 0 Å². The molecule has 0 fully saturated rings. The molecule has 0 unspecified atom stereocenters. The fourth-order valence-corrected chi connectivity index (χ4v) is 3.25. The summed E-state index contributed by atoms with van der Waals surface area (Å²) in [7, 11) is -1.48. The Labute approximate surface area is 148 Å². The first-order chi connectivity index (χ1) is 11.9. The molecule has 25 heavy (non-hydrogen) atoms. The van der Waals surface area contributed by atoms with Crippen LogP contribution in [-0.2, 0) is 33.5 Å². The van der Waals surface area contributed by atoms with E-state index in [1.54, 1.807) is 13.2 Å². The van der Waals surface area contributed by atoms with Gasteiger partial charge in [-0.1, -0.05) is 42.5 Å². The van der Waals surface area contributed by atoms with Gasteiger partial charge in [0.15, 0.2) is 15.8 Å². The molecule has 0 spiro atoms. The van der Waals surface area contributed by atoms with Crippen molar-refractivity contribution in [2.75, 3.05) is 18.7 Å². The van der Waals surface area contributed by atoms with E-state index in [0.717, 1.165) is 22.4 Å². The van der Waals surface area contributed by atoms with Gasteiger partial charge in [-0.15, -0.1) is 0 Å². The summed E-state index contributed by atoms with van der Waals surface area (Å²) in [6.45, 7) is 0.768. The second-order valence-electron chi connectivity index (χ2n) is 5.76. The average molecular weight is 361 g/mol. The Balaban J connectivity index is 2.12. The highest BCUT2D eigenvalue weighted by Gasteiger charge is 2.09. The maximum atomic E-state index is 11.5. The van der Waals surface area contributed by atoms with Gasteiger partial charge in [0.1, 0.15) is 0 Å². The van der Waals surface area contributed by atoms with Gasteiger partial charge in [-0.2, -0.15) is 0 Å². The Kier molecular flexibility index (Phi) is 6.55. The third-order valence-corrected chi connectivity index (χ3v) is 4.37. The zero-order chi connectivity index (χ0) is 18.3. The second kappa shape index (κ2) is 8.64. The van der Waals surface area contributed by atoms with Gasteiger partial charge in [-0.3, -0.25) is 0 Å². The molecular weight excluding hydrogens is 338 g/mol. The highest BCUT2D eigenvalue weighted by Crippen LogP contribution is 2.16. The Hall–Kier alpha value is -2.38. The number of ether oxygens (including phenoxy) is 1. The summed E-state index contributed by atoms with van der Waals surface area (Å²) in [6, 6.07) is 15.0. The van der Waals surface area contributed by atoms with Gasteiger partial charge in [-0.25, -0.2) is 13.4 Å². The predicted octanol–water partition coefficient (Wildman–Crippen LogP) is 2.30. The number of nitrogens with zero attached hydrogens (tertiary/aromatic N) is 1. The van der Waals surface area contributed by atoms with E-state index in [0.29, 0.717) is 13.2 Å². The first kappa shape index (κ1) is 19.0. The molecule has 0 amide bonds. The van der Waals surface area contributed by atoms with Crippen molar-refractivity contribution in [3.05, 3.63) is 65.2 Å². The fraction of sp³-hybridized carbons (Fsp3) is 0.278. The van der Waals surface area contributed by atoms with Crippen molar-refractivity contribution in [2.24, 2.45) is 10.7 Å². The van der Waals surface area contributed by atoms with Crippen LogP contribution in [0.2, 0.25) is 0 Å². The normalized spacial score (nSPS) is 12.2. The number of nitrogens with one attached hydrogen (secondary N) is 1. The molecule has 2 rings (SSSR count). The Morgan fingerprint density at radius 1 is 1.08 bits per heavy atom. The maximum absolute atomic E-state index is 11.5. The van der Waals surface area contributed by atoms with E-state index in [1.165, 1.54) is 6.26 Å². The Bertz CT molecular complexity index is 848. The number of rotatable bonds is 7. The van der Waals surface area contributed by atoms with Crippen molar-refractivity contribution >= 4 is 21.5 Å². The number of anilines is 1. The summed E-state index contributed by atoms with van der Waals surface area (Å²) in [5.41, 5.74) is 9.35. The minimum Gasteiger partial charge on any atom is -0.380 e. The SMILES string of the molecule is COCc1ccccc1NC(N)=NCc1ccccc1CS(C)(=O)=O. The molecule has 3 N–H and O–H groups in total. The molecule has 0 aromatic heterocycles. The van der Waals surface area contributed by atoms with E-state index in [-0.39, 0.29) is 11.7 Å². The molecule has 2 aromatic carbocycles. The predicted molar refractivity (Wildman–Crippen MR) is 101 cm³/mol. The number of para-hydroxylation sites is 1. The monoisotopic (exact) mass is 361 g/mol. The Morgan fingerprint density at radius 3 is 2.32 bits per heavy atom. The van der Waals surface area contributed by atoms with Gasteiger partial charge in [0, 0.05) is 24.6 Å². The van der Waals surface area contributed by atoms with E-state index < -0.39 is 9.84 Å². The van der Waals surface area contributed by atoms with Gasteiger partial charge in [0.05, 0.1) is 18.9 Å². The lowest BCUT2D eigenvalue weighted by atomic mass is 10.1. The van der Waals surface area contributed by atoms with Crippen molar-refractivity contribution in [2.45, 2.75) is 18.9 Å². The summed E-state index contributed by atoms with van der Waals surface area (Å²) in [5.74, 6) is 0.251. The van der Waals surface area contributed by atoms with Crippen LogP contribution in [-0.4, -0.2) is 27.7 Å². The molecule has 2 aromatic rings. The molecule has 6 nitrogen and oxygen atoms in total. The third kappa shape index (κ3) is 6.21. The largest absolute Gasteiger partial charge is 0.380 e. The highest BCUT2D eigenvalue weighted by atomic mass is 32.2. The summed E-state index contributed by atoms with van der Waals surface area (Å²) >= 11 is 0. The van der Waals surface area contributed by atoms with Crippen molar-refractivity contribution < 1.29 is 13.2 Å². The van der Waals surface area contributed by atoms with Crippen LogP contribution in [0.15, 0.2) is 53.5 Å². The summed E-state index contributed by atoms with van der Waals surface area (Å²) < 4.78 is 28.3. The van der Waals surface area contributed by atoms with E-state index in [2.05, 4.69) is 10.3 Å². The molecule has 0 bridgehead atoms. The third-order valence-electron chi connectivity index (χ3n) is 3.54. The Morgan fingerprint density at radius 2 is 1.68 bits per heavy atom. The van der Waals surface area contributed by atoms with Crippen molar-refractivity contribution in [3.8, 4) is 0 Å². The van der Waals surface area contributed by atoms with Gasteiger partial charge in [-0.05, 0) is 17.2 Å². The van der Waals surface area contributed by atoms with E-state index in [9.17, 15) is 8.42 Å². The number of sulfone groups is 1. The minimum atomic E-state index is -3.11. The molecular formula is C18H23N3O3S. The number of aliphatic imine (C=N–C) groups is 1. The molecule has 0 heterocycles. The molecule has 7 heteroatoms. The van der Waals surface area contributed by atoms with Crippen LogP contribution in [0, 0.1) is 0 Å². The summed E-state index contributed by atoms with van der Waals surface area (Å²) in [5, 5.41) is 3.06. The molecule has 0 atom stereocenters. The topological polar surface area (TPSA) is 93.8 Å². The number of hydrogen-bond acceptors (Lipinski definition) is 4. The molecule has 0 aliphatic rings. The number of benzene rings is 2. The van der Waals surface area contributed by atoms with Crippen LogP contribution in [0.3, 0.4) is 0 Å². The number of nitrogens with two attached hydrogens (primary N) is 1.